The van der Waals surface area contributed by atoms with Crippen molar-refractivity contribution in [1.82, 2.24) is 0 Å². The fourth-order valence-electron chi connectivity index (χ4n) is 3.57. The van der Waals surface area contributed by atoms with Crippen molar-refractivity contribution in [3.05, 3.63) is 36.4 Å². The van der Waals surface area contributed by atoms with Gasteiger partial charge in [-0.1, -0.05) is 152 Å². The Labute approximate surface area is 152 Å². The van der Waals surface area contributed by atoms with Gasteiger partial charge in [-0.2, -0.15) is 0 Å². The van der Waals surface area contributed by atoms with E-state index in [0.717, 1.165) is 0 Å². The van der Waals surface area contributed by atoms with Crippen molar-refractivity contribution in [2.45, 2.75) is 116 Å². The van der Waals surface area contributed by atoms with Gasteiger partial charge in [-0.25, -0.2) is 0 Å². The van der Waals surface area contributed by atoms with Gasteiger partial charge in [0.1, 0.15) is 0 Å². The van der Waals surface area contributed by atoms with Crippen molar-refractivity contribution in [1.29, 1.82) is 0 Å². The normalized spacial score (nSPS) is 20.0. The summed E-state index contributed by atoms with van der Waals surface area (Å²) in [6, 6.07) is 12.0. The molecule has 4 rings (SSSR count). The van der Waals surface area contributed by atoms with E-state index in [1.54, 1.807) is 0 Å². The molecular formula is C24H42. The van der Waals surface area contributed by atoms with E-state index >= 15 is 0 Å². The molecule has 0 spiro atoms. The minimum Gasteiger partial charge on any atom is -0.0623 e. The molecule has 0 saturated heterocycles. The number of rotatable bonds is 0. The van der Waals surface area contributed by atoms with E-state index in [2.05, 4.69) is 0 Å². The van der Waals surface area contributed by atoms with Crippen molar-refractivity contribution in [2.75, 3.05) is 0 Å². The van der Waals surface area contributed by atoms with Crippen LogP contribution in [0.1, 0.15) is 116 Å². The summed E-state index contributed by atoms with van der Waals surface area (Å²) in [5.41, 5.74) is 0. The van der Waals surface area contributed by atoms with Crippen molar-refractivity contribution < 1.29 is 0 Å². The second-order valence-corrected chi connectivity index (χ2v) is 7.52. The summed E-state index contributed by atoms with van der Waals surface area (Å²) in [4.78, 5) is 0. The maximum atomic E-state index is 2.00. The van der Waals surface area contributed by atoms with Gasteiger partial charge in [-0.05, 0) is 0 Å². The highest BCUT2D eigenvalue weighted by atomic mass is 14.0. The van der Waals surface area contributed by atoms with Crippen LogP contribution >= 0.6 is 0 Å². The molecule has 0 atom stereocenters. The highest BCUT2D eigenvalue weighted by Crippen LogP contribution is 2.16. The van der Waals surface area contributed by atoms with Gasteiger partial charge < -0.3 is 0 Å². The molecule has 0 unspecified atom stereocenters. The molecule has 24 heavy (non-hydrogen) atoms. The van der Waals surface area contributed by atoms with Gasteiger partial charge in [0, 0.05) is 0 Å². The van der Waals surface area contributed by atoms with Crippen LogP contribution in [0.3, 0.4) is 0 Å². The van der Waals surface area contributed by atoms with Crippen molar-refractivity contribution in [3.8, 4) is 0 Å². The van der Waals surface area contributed by atoms with Crippen LogP contribution in [-0.2, 0) is 0 Å². The Morgan fingerprint density at radius 2 is 0.250 bits per heavy atom. The molecule has 0 heterocycles. The van der Waals surface area contributed by atoms with Gasteiger partial charge in [0.2, 0.25) is 0 Å². The third-order valence-corrected chi connectivity index (χ3v) is 5.17. The van der Waals surface area contributed by atoms with Crippen LogP contribution in [0.2, 0.25) is 0 Å². The van der Waals surface area contributed by atoms with Gasteiger partial charge in [-0.3, -0.25) is 0 Å². The topological polar surface area (TPSA) is 0 Å². The van der Waals surface area contributed by atoms with E-state index < -0.39 is 0 Å². The lowest BCUT2D eigenvalue weighted by atomic mass is 10.0. The van der Waals surface area contributed by atoms with Crippen LogP contribution in [0.25, 0.3) is 0 Å². The monoisotopic (exact) mass is 330 g/mol. The summed E-state index contributed by atoms with van der Waals surface area (Å²) in [5, 5.41) is 0. The number of hydrogen-bond acceptors (Lipinski definition) is 0. The molecule has 0 nitrogen and oxygen atoms in total. The van der Waals surface area contributed by atoms with Crippen LogP contribution in [-0.4, -0.2) is 0 Å². The Hall–Kier alpha value is -0.780. The first-order chi connectivity index (χ1) is 12.0. The zero-order valence-electron chi connectivity index (χ0n) is 16.2. The molecule has 3 aliphatic carbocycles. The summed E-state index contributed by atoms with van der Waals surface area (Å²) in [6.45, 7) is 0. The molecular weight excluding hydrogens is 288 g/mol. The third-order valence-electron chi connectivity index (χ3n) is 5.17. The smallest absolute Gasteiger partial charge is 0.0533 e. The second-order valence-electron chi connectivity index (χ2n) is 7.52. The van der Waals surface area contributed by atoms with Gasteiger partial charge in [0.05, 0.1) is 0 Å². The zero-order chi connectivity index (χ0) is 17.0. The number of hydrogen-bond donors (Lipinski definition) is 0. The van der Waals surface area contributed by atoms with Crippen LogP contribution < -0.4 is 0 Å². The van der Waals surface area contributed by atoms with Crippen LogP contribution in [0, 0.1) is 0 Å². The summed E-state index contributed by atoms with van der Waals surface area (Å²) in [6.07, 6.45) is 27.0. The maximum Gasteiger partial charge on any atom is -0.0533 e. The fourth-order valence-corrected chi connectivity index (χ4v) is 3.57. The molecule has 1 aromatic carbocycles. The van der Waals surface area contributed by atoms with E-state index in [4.69, 9.17) is 0 Å². The first-order valence-electron chi connectivity index (χ1n) is 11.0. The Kier molecular flexibility index (Phi) is 16.4. The standard InChI is InChI=1S/C7H14.C6H12.C6H6.C5H10/c1-2-4-6-7-5-3-1;2*1-2-4-6-5-3-1;1-2-4-5-3-1/h1-7H2;1-6H2;1-6H;1-5H2. The summed E-state index contributed by atoms with van der Waals surface area (Å²) < 4.78 is 0. The minimum atomic E-state index is 1.50. The molecule has 0 bridgehead atoms. The van der Waals surface area contributed by atoms with Crippen molar-refractivity contribution in [2.24, 2.45) is 0 Å². The Morgan fingerprint density at radius 3 is 0.333 bits per heavy atom. The van der Waals surface area contributed by atoms with E-state index in [1.165, 1.54) is 116 Å². The SMILES string of the molecule is C1CCCC1.C1CCCCC1.C1CCCCCC1.c1ccccc1. The van der Waals surface area contributed by atoms with Crippen LogP contribution in [0.5, 0.6) is 0 Å². The van der Waals surface area contributed by atoms with E-state index in [1.807, 2.05) is 36.4 Å². The first-order valence-corrected chi connectivity index (χ1v) is 11.0. The third kappa shape index (κ3) is 16.1. The molecule has 138 valence electrons. The molecule has 3 aliphatic rings. The summed E-state index contributed by atoms with van der Waals surface area (Å²) >= 11 is 0. The average molecular weight is 331 g/mol. The second kappa shape index (κ2) is 18.6. The average Bonchev–Trinajstić information content (AvgIpc) is 3.14. The Balaban J connectivity index is 0.000000161. The molecule has 0 radical (unpaired) electrons. The van der Waals surface area contributed by atoms with Crippen LogP contribution in [0.4, 0.5) is 0 Å². The van der Waals surface area contributed by atoms with Crippen LogP contribution in [0.15, 0.2) is 36.4 Å². The largest absolute Gasteiger partial charge is 0.0623 e. The molecule has 0 N–H and O–H groups in total. The summed E-state index contributed by atoms with van der Waals surface area (Å²) in [7, 11) is 0. The number of benzene rings is 1. The quantitative estimate of drug-likeness (QED) is 0.417. The van der Waals surface area contributed by atoms with Crippen molar-refractivity contribution in [3.63, 3.8) is 0 Å². The van der Waals surface area contributed by atoms with Gasteiger partial charge in [0.15, 0.2) is 0 Å². The molecule has 0 aromatic heterocycles. The highest BCUT2D eigenvalue weighted by molar-refractivity contribution is 4.99. The molecule has 3 fully saturated rings. The molecule has 0 heteroatoms. The Bertz CT molecular complexity index is 243. The molecule has 0 aliphatic heterocycles. The molecule has 0 amide bonds. The Morgan fingerprint density at radius 1 is 0.167 bits per heavy atom. The lowest BCUT2D eigenvalue weighted by Crippen LogP contribution is -1.85. The molecule has 1 aromatic rings. The van der Waals surface area contributed by atoms with E-state index in [9.17, 15) is 0 Å². The van der Waals surface area contributed by atoms with Gasteiger partial charge >= 0.3 is 0 Å². The van der Waals surface area contributed by atoms with Crippen molar-refractivity contribution >= 4 is 0 Å². The lowest BCUT2D eigenvalue weighted by Gasteiger charge is -2.05. The predicted octanol–water partition coefficient (Wildman–Crippen LogP) is 8.71. The van der Waals surface area contributed by atoms with E-state index in [0.29, 0.717) is 0 Å². The van der Waals surface area contributed by atoms with Gasteiger partial charge in [-0.15, -0.1) is 0 Å². The van der Waals surface area contributed by atoms with Gasteiger partial charge in [0.25, 0.3) is 0 Å². The minimum absolute atomic E-state index is 1.50. The predicted molar refractivity (Wildman–Crippen MR) is 110 cm³/mol. The summed E-state index contributed by atoms with van der Waals surface area (Å²) in [5.74, 6) is 0. The fraction of sp³-hybridized carbons (Fsp3) is 0.750. The first kappa shape index (κ1) is 21.3. The molecule has 3 saturated carbocycles. The zero-order valence-corrected chi connectivity index (χ0v) is 16.2. The lowest BCUT2D eigenvalue weighted by molar-refractivity contribution is 0.504. The highest BCUT2D eigenvalue weighted by Gasteiger charge is 1.96. The van der Waals surface area contributed by atoms with E-state index in [-0.39, 0.29) is 0 Å². The maximum absolute atomic E-state index is 2.00.